The van der Waals surface area contributed by atoms with Crippen LogP contribution in [-0.4, -0.2) is 9.55 Å². The summed E-state index contributed by atoms with van der Waals surface area (Å²) in [6.07, 6.45) is 2.08. The Kier molecular flexibility index (Phi) is 4.51. The SMILES string of the molecule is CCCC(C)n1c(C(C)Cl)nc2cc(Br)c(F)cc21. The van der Waals surface area contributed by atoms with E-state index in [0.717, 1.165) is 29.7 Å². The van der Waals surface area contributed by atoms with Crippen LogP contribution in [0.15, 0.2) is 16.6 Å². The molecule has 0 aliphatic rings. The molecule has 0 fully saturated rings. The lowest BCUT2D eigenvalue weighted by Gasteiger charge is -2.18. The minimum absolute atomic E-state index is 0.200. The van der Waals surface area contributed by atoms with E-state index in [4.69, 9.17) is 11.6 Å². The van der Waals surface area contributed by atoms with Crippen molar-refractivity contribution < 1.29 is 4.39 Å². The molecule has 0 spiro atoms. The van der Waals surface area contributed by atoms with Gasteiger partial charge in [-0.2, -0.15) is 0 Å². The summed E-state index contributed by atoms with van der Waals surface area (Å²) in [6, 6.07) is 3.50. The molecule has 0 saturated carbocycles. The first-order valence-corrected chi connectivity index (χ1v) is 7.69. The highest BCUT2D eigenvalue weighted by Crippen LogP contribution is 2.32. The molecule has 0 radical (unpaired) electrons. The number of rotatable bonds is 4. The second-order valence-corrected chi connectivity index (χ2v) is 6.36. The number of fused-ring (bicyclic) bond motifs is 1. The number of alkyl halides is 1. The van der Waals surface area contributed by atoms with Crippen molar-refractivity contribution in [2.24, 2.45) is 0 Å². The van der Waals surface area contributed by atoms with Crippen molar-refractivity contribution >= 4 is 38.6 Å². The van der Waals surface area contributed by atoms with Crippen molar-refractivity contribution in [2.75, 3.05) is 0 Å². The van der Waals surface area contributed by atoms with E-state index in [9.17, 15) is 4.39 Å². The molecule has 2 rings (SSSR count). The zero-order valence-corrected chi connectivity index (χ0v) is 13.6. The van der Waals surface area contributed by atoms with Gasteiger partial charge in [0.1, 0.15) is 11.6 Å². The van der Waals surface area contributed by atoms with E-state index in [1.807, 2.05) is 6.92 Å². The van der Waals surface area contributed by atoms with Crippen LogP contribution in [0, 0.1) is 5.82 Å². The lowest BCUT2D eigenvalue weighted by atomic mass is 10.2. The fourth-order valence-electron chi connectivity index (χ4n) is 2.40. The number of nitrogens with zero attached hydrogens (tertiary/aromatic N) is 2. The second kappa shape index (κ2) is 5.80. The Bertz CT molecular complexity index is 595. The lowest BCUT2D eigenvalue weighted by Crippen LogP contribution is -2.09. The standard InChI is InChI=1S/C14H17BrClFN2/c1-4-5-8(2)19-13-7-11(17)10(15)6-12(13)18-14(19)9(3)16/h6-9H,4-5H2,1-3H3. The normalized spacial score (nSPS) is 14.8. The molecule has 2 unspecified atom stereocenters. The molecule has 1 heterocycles. The van der Waals surface area contributed by atoms with Gasteiger partial charge in [0, 0.05) is 12.1 Å². The molecule has 0 saturated heterocycles. The van der Waals surface area contributed by atoms with Gasteiger partial charge < -0.3 is 4.57 Å². The van der Waals surface area contributed by atoms with Crippen LogP contribution in [0.2, 0.25) is 0 Å². The van der Waals surface area contributed by atoms with Crippen LogP contribution in [0.4, 0.5) is 4.39 Å². The largest absolute Gasteiger partial charge is 0.324 e. The second-order valence-electron chi connectivity index (χ2n) is 4.85. The number of hydrogen-bond acceptors (Lipinski definition) is 1. The molecule has 0 aliphatic carbocycles. The highest BCUT2D eigenvalue weighted by atomic mass is 79.9. The van der Waals surface area contributed by atoms with Gasteiger partial charge in [-0.3, -0.25) is 0 Å². The summed E-state index contributed by atoms with van der Waals surface area (Å²) in [7, 11) is 0. The predicted octanol–water partition coefficient (Wildman–Crippen LogP) is 5.60. The van der Waals surface area contributed by atoms with Crippen molar-refractivity contribution in [3.8, 4) is 0 Å². The fourth-order valence-corrected chi connectivity index (χ4v) is 2.88. The van der Waals surface area contributed by atoms with Gasteiger partial charge in [0.2, 0.25) is 0 Å². The smallest absolute Gasteiger partial charge is 0.139 e. The Labute approximate surface area is 126 Å². The molecule has 2 atom stereocenters. The molecule has 5 heteroatoms. The topological polar surface area (TPSA) is 17.8 Å². The third kappa shape index (κ3) is 2.79. The first-order valence-electron chi connectivity index (χ1n) is 6.46. The Morgan fingerprint density at radius 2 is 2.11 bits per heavy atom. The summed E-state index contributed by atoms with van der Waals surface area (Å²) in [5.41, 5.74) is 1.59. The monoisotopic (exact) mass is 346 g/mol. The van der Waals surface area contributed by atoms with Crippen LogP contribution in [0.25, 0.3) is 11.0 Å². The van der Waals surface area contributed by atoms with Crippen molar-refractivity contribution in [1.29, 1.82) is 0 Å². The Morgan fingerprint density at radius 1 is 1.42 bits per heavy atom. The minimum atomic E-state index is -0.272. The summed E-state index contributed by atoms with van der Waals surface area (Å²) in [6.45, 7) is 6.15. The predicted molar refractivity (Wildman–Crippen MR) is 81.3 cm³/mol. The van der Waals surface area contributed by atoms with E-state index >= 15 is 0 Å². The third-order valence-corrected chi connectivity index (χ3v) is 4.06. The molecule has 104 valence electrons. The van der Waals surface area contributed by atoms with E-state index in [0.29, 0.717) is 4.47 Å². The van der Waals surface area contributed by atoms with Crippen LogP contribution < -0.4 is 0 Å². The maximum Gasteiger partial charge on any atom is 0.139 e. The van der Waals surface area contributed by atoms with E-state index in [1.54, 1.807) is 6.07 Å². The Morgan fingerprint density at radius 3 is 2.68 bits per heavy atom. The minimum Gasteiger partial charge on any atom is -0.324 e. The van der Waals surface area contributed by atoms with E-state index in [1.165, 1.54) is 6.07 Å². The molecule has 2 aromatic rings. The average Bonchev–Trinajstić information content (AvgIpc) is 2.69. The Hall–Kier alpha value is -0.610. The summed E-state index contributed by atoms with van der Waals surface area (Å²) >= 11 is 9.41. The first kappa shape index (κ1) is 14.8. The zero-order chi connectivity index (χ0) is 14.2. The zero-order valence-electron chi connectivity index (χ0n) is 11.3. The van der Waals surface area contributed by atoms with Crippen LogP contribution in [0.3, 0.4) is 0 Å². The quantitative estimate of drug-likeness (QED) is 0.658. The van der Waals surface area contributed by atoms with Crippen LogP contribution in [0.5, 0.6) is 0 Å². The van der Waals surface area contributed by atoms with Gasteiger partial charge in [-0.15, -0.1) is 11.6 Å². The van der Waals surface area contributed by atoms with Gasteiger partial charge in [0.25, 0.3) is 0 Å². The van der Waals surface area contributed by atoms with Gasteiger partial charge >= 0.3 is 0 Å². The number of benzene rings is 1. The highest BCUT2D eigenvalue weighted by molar-refractivity contribution is 9.10. The van der Waals surface area contributed by atoms with Crippen molar-refractivity contribution in [1.82, 2.24) is 9.55 Å². The number of halogens is 3. The lowest BCUT2D eigenvalue weighted by molar-refractivity contribution is 0.493. The number of imidazole rings is 1. The van der Waals surface area contributed by atoms with E-state index in [-0.39, 0.29) is 17.2 Å². The maximum absolute atomic E-state index is 13.8. The van der Waals surface area contributed by atoms with Gasteiger partial charge in [-0.25, -0.2) is 9.37 Å². The Balaban J connectivity index is 2.69. The third-order valence-electron chi connectivity index (χ3n) is 3.26. The molecule has 2 nitrogen and oxygen atoms in total. The summed E-state index contributed by atoms with van der Waals surface area (Å²) < 4.78 is 16.3. The molecule has 0 amide bonds. The molecular weight excluding hydrogens is 331 g/mol. The van der Waals surface area contributed by atoms with E-state index in [2.05, 4.69) is 39.3 Å². The van der Waals surface area contributed by atoms with Crippen molar-refractivity contribution in [3.05, 3.63) is 28.2 Å². The van der Waals surface area contributed by atoms with Gasteiger partial charge in [-0.1, -0.05) is 13.3 Å². The summed E-state index contributed by atoms with van der Waals surface area (Å²) in [4.78, 5) is 4.55. The molecule has 1 aromatic heterocycles. The van der Waals surface area contributed by atoms with Crippen LogP contribution in [-0.2, 0) is 0 Å². The van der Waals surface area contributed by atoms with E-state index < -0.39 is 0 Å². The number of hydrogen-bond donors (Lipinski definition) is 0. The average molecular weight is 348 g/mol. The van der Waals surface area contributed by atoms with Gasteiger partial charge in [0.05, 0.1) is 20.9 Å². The first-order chi connectivity index (χ1) is 8.95. The van der Waals surface area contributed by atoms with Crippen LogP contribution in [0.1, 0.15) is 50.9 Å². The molecule has 0 N–H and O–H groups in total. The molecular formula is C14H17BrClFN2. The van der Waals surface area contributed by atoms with Crippen LogP contribution >= 0.6 is 27.5 Å². The van der Waals surface area contributed by atoms with Gasteiger partial charge in [0.15, 0.2) is 0 Å². The molecule has 0 bridgehead atoms. The summed E-state index contributed by atoms with van der Waals surface area (Å²) in [5.74, 6) is 0.529. The summed E-state index contributed by atoms with van der Waals surface area (Å²) in [5, 5.41) is -0.200. The fraction of sp³-hybridized carbons (Fsp3) is 0.500. The van der Waals surface area contributed by atoms with Crippen molar-refractivity contribution in [2.45, 2.75) is 45.0 Å². The number of aromatic nitrogens is 2. The van der Waals surface area contributed by atoms with Gasteiger partial charge in [-0.05, 0) is 42.3 Å². The molecule has 0 aliphatic heterocycles. The highest BCUT2D eigenvalue weighted by Gasteiger charge is 2.20. The molecule has 19 heavy (non-hydrogen) atoms. The maximum atomic E-state index is 13.8. The molecule has 1 aromatic carbocycles. The van der Waals surface area contributed by atoms with Crippen molar-refractivity contribution in [3.63, 3.8) is 0 Å².